The van der Waals surface area contributed by atoms with Crippen LogP contribution in [0, 0.1) is 18.6 Å². The highest BCUT2D eigenvalue weighted by Gasteiger charge is 2.20. The number of hydrogen-bond acceptors (Lipinski definition) is 3. The minimum absolute atomic E-state index is 0.146. The molecule has 0 spiro atoms. The summed E-state index contributed by atoms with van der Waals surface area (Å²) < 4.78 is 33.4. The average molecular weight is 394 g/mol. The lowest BCUT2D eigenvalue weighted by molar-refractivity contribution is 0.0925. The molecule has 0 radical (unpaired) electrons. The van der Waals surface area contributed by atoms with Gasteiger partial charge in [-0.2, -0.15) is 5.10 Å². The fourth-order valence-corrected chi connectivity index (χ4v) is 3.04. The van der Waals surface area contributed by atoms with Gasteiger partial charge in [0, 0.05) is 18.7 Å². The summed E-state index contributed by atoms with van der Waals surface area (Å²) >= 11 is 6.21. The van der Waals surface area contributed by atoms with E-state index < -0.39 is 17.5 Å². The Balaban J connectivity index is 1.69. The number of aryl methyl sites for hydroxylation is 2. The summed E-state index contributed by atoms with van der Waals surface area (Å²) in [5, 5.41) is 7.37. The number of amides is 1. The zero-order valence-corrected chi connectivity index (χ0v) is 15.6. The van der Waals surface area contributed by atoms with Crippen LogP contribution in [0.25, 0.3) is 11.3 Å². The fourth-order valence-electron chi connectivity index (χ4n) is 2.80. The van der Waals surface area contributed by atoms with E-state index in [9.17, 15) is 13.6 Å². The van der Waals surface area contributed by atoms with Gasteiger partial charge in [0.05, 0.1) is 16.9 Å². The van der Waals surface area contributed by atoms with Crippen LogP contribution in [-0.4, -0.2) is 22.2 Å². The molecule has 0 aliphatic carbocycles. The molecule has 0 bridgehead atoms. The van der Waals surface area contributed by atoms with Crippen LogP contribution >= 0.6 is 11.6 Å². The predicted octanol–water partition coefficient (Wildman–Crippen LogP) is 4.38. The van der Waals surface area contributed by atoms with E-state index in [1.165, 1.54) is 6.07 Å². The Labute approximate surface area is 159 Å². The highest BCUT2D eigenvalue weighted by Crippen LogP contribution is 2.32. The molecule has 142 valence electrons. The van der Waals surface area contributed by atoms with Crippen LogP contribution in [0.2, 0.25) is 5.02 Å². The lowest BCUT2D eigenvalue weighted by Gasteiger charge is -2.04. The monoisotopic (exact) mass is 393 g/mol. The van der Waals surface area contributed by atoms with Crippen LogP contribution in [0.4, 0.5) is 8.78 Å². The Bertz CT molecular complexity index is 981. The van der Waals surface area contributed by atoms with Gasteiger partial charge in [-0.1, -0.05) is 17.7 Å². The second kappa shape index (κ2) is 7.92. The molecule has 27 heavy (non-hydrogen) atoms. The molecule has 2 heterocycles. The lowest BCUT2D eigenvalue weighted by Crippen LogP contribution is -2.25. The zero-order chi connectivity index (χ0) is 19.6. The molecule has 0 unspecified atom stereocenters. The Hall–Kier alpha value is -2.67. The van der Waals surface area contributed by atoms with Crippen LogP contribution in [0.1, 0.15) is 28.8 Å². The van der Waals surface area contributed by atoms with Gasteiger partial charge in [0.1, 0.15) is 5.76 Å². The van der Waals surface area contributed by atoms with Crippen molar-refractivity contribution in [1.82, 2.24) is 15.1 Å². The van der Waals surface area contributed by atoms with Gasteiger partial charge < -0.3 is 9.73 Å². The summed E-state index contributed by atoms with van der Waals surface area (Å²) in [6.07, 6.45) is 1.92. The average Bonchev–Trinajstić information content (AvgIpc) is 3.20. The first-order valence-electron chi connectivity index (χ1n) is 8.45. The Kier molecular flexibility index (Phi) is 5.60. The molecule has 1 amide bonds. The first-order chi connectivity index (χ1) is 12.9. The zero-order valence-electron chi connectivity index (χ0n) is 14.9. The molecule has 0 aliphatic heterocycles. The van der Waals surface area contributed by atoms with E-state index in [1.54, 1.807) is 23.9 Å². The van der Waals surface area contributed by atoms with Crippen molar-refractivity contribution in [2.45, 2.75) is 26.8 Å². The van der Waals surface area contributed by atoms with E-state index >= 15 is 0 Å². The first kappa shape index (κ1) is 19.1. The molecule has 1 N–H and O–H groups in total. The summed E-state index contributed by atoms with van der Waals surface area (Å²) in [4.78, 5) is 12.3. The minimum Gasteiger partial charge on any atom is -0.455 e. The molecule has 8 heteroatoms. The number of nitrogens with zero attached hydrogens (tertiary/aromatic N) is 2. The number of rotatable bonds is 6. The van der Waals surface area contributed by atoms with Crippen LogP contribution in [-0.2, 0) is 13.0 Å². The summed E-state index contributed by atoms with van der Waals surface area (Å²) in [5.41, 5.74) is 1.98. The van der Waals surface area contributed by atoms with Crippen molar-refractivity contribution in [3.8, 4) is 11.3 Å². The van der Waals surface area contributed by atoms with Crippen molar-refractivity contribution in [2.75, 3.05) is 6.54 Å². The fraction of sp³-hybridized carbons (Fsp3) is 0.263. The normalized spacial score (nSPS) is 11.0. The van der Waals surface area contributed by atoms with E-state index in [0.29, 0.717) is 40.6 Å². The minimum atomic E-state index is -0.908. The largest absolute Gasteiger partial charge is 0.455 e. The lowest BCUT2D eigenvalue weighted by atomic mass is 10.1. The van der Waals surface area contributed by atoms with E-state index in [2.05, 4.69) is 10.4 Å². The smallest absolute Gasteiger partial charge is 0.287 e. The molecule has 1 aromatic carbocycles. The number of hydrogen-bond donors (Lipinski definition) is 1. The van der Waals surface area contributed by atoms with Crippen LogP contribution in [0.5, 0.6) is 0 Å². The van der Waals surface area contributed by atoms with E-state index in [0.717, 1.165) is 12.1 Å². The molecule has 0 aliphatic rings. The Morgan fingerprint density at radius 1 is 1.30 bits per heavy atom. The molecule has 5 nitrogen and oxygen atoms in total. The van der Waals surface area contributed by atoms with Gasteiger partial charge in [-0.25, -0.2) is 8.78 Å². The summed E-state index contributed by atoms with van der Waals surface area (Å²) in [6.45, 7) is 4.57. The molecular formula is C19H18ClF2N3O2. The maximum absolute atomic E-state index is 13.2. The molecule has 2 aromatic heterocycles. The van der Waals surface area contributed by atoms with Crippen molar-refractivity contribution in [2.24, 2.45) is 0 Å². The molecular weight excluding hydrogens is 376 g/mol. The standard InChI is InChI=1S/C19H18ClF2N3O2/c1-3-25-18(14(20)10-24-25)13-9-17(27-11(13)2)19(26)23-7-6-12-4-5-15(21)16(22)8-12/h4-5,8-10H,3,6-7H2,1-2H3,(H,23,26). The SMILES string of the molecule is CCn1ncc(Cl)c1-c1cc(C(=O)NCCc2ccc(F)c(F)c2)oc1C. The Morgan fingerprint density at radius 2 is 2.07 bits per heavy atom. The maximum Gasteiger partial charge on any atom is 0.287 e. The van der Waals surface area contributed by atoms with E-state index in [4.69, 9.17) is 16.0 Å². The summed E-state index contributed by atoms with van der Waals surface area (Å²) in [6, 6.07) is 5.28. The Morgan fingerprint density at radius 3 is 2.78 bits per heavy atom. The third-order valence-corrected chi connectivity index (χ3v) is 4.45. The van der Waals surface area contributed by atoms with Gasteiger partial charge in [0.15, 0.2) is 17.4 Å². The van der Waals surface area contributed by atoms with Gasteiger partial charge in [-0.3, -0.25) is 9.48 Å². The third kappa shape index (κ3) is 4.03. The van der Waals surface area contributed by atoms with Crippen molar-refractivity contribution < 1.29 is 18.0 Å². The van der Waals surface area contributed by atoms with Crippen molar-refractivity contribution in [3.63, 3.8) is 0 Å². The van der Waals surface area contributed by atoms with Crippen LogP contribution in [0.3, 0.4) is 0 Å². The van der Waals surface area contributed by atoms with Crippen molar-refractivity contribution in [3.05, 3.63) is 64.2 Å². The molecule has 0 fully saturated rings. The highest BCUT2D eigenvalue weighted by atomic mass is 35.5. The number of furan rings is 1. The highest BCUT2D eigenvalue weighted by molar-refractivity contribution is 6.33. The van der Waals surface area contributed by atoms with Gasteiger partial charge in [0.25, 0.3) is 5.91 Å². The predicted molar refractivity (Wildman–Crippen MR) is 97.7 cm³/mol. The number of aromatic nitrogens is 2. The number of nitrogens with one attached hydrogen (secondary N) is 1. The quantitative estimate of drug-likeness (QED) is 0.676. The summed E-state index contributed by atoms with van der Waals surface area (Å²) in [5.74, 6) is -1.50. The molecule has 0 saturated carbocycles. The topological polar surface area (TPSA) is 60.1 Å². The van der Waals surface area contributed by atoms with Crippen molar-refractivity contribution in [1.29, 1.82) is 0 Å². The molecule has 0 atom stereocenters. The third-order valence-electron chi connectivity index (χ3n) is 4.17. The maximum atomic E-state index is 13.2. The summed E-state index contributed by atoms with van der Waals surface area (Å²) in [7, 11) is 0. The van der Waals surface area contributed by atoms with E-state index in [1.807, 2.05) is 6.92 Å². The second-order valence-electron chi connectivity index (χ2n) is 5.99. The van der Waals surface area contributed by atoms with Crippen LogP contribution in [0.15, 0.2) is 34.9 Å². The van der Waals surface area contributed by atoms with Gasteiger partial charge in [-0.05, 0) is 44.0 Å². The van der Waals surface area contributed by atoms with Crippen LogP contribution < -0.4 is 5.32 Å². The molecule has 3 aromatic rings. The second-order valence-corrected chi connectivity index (χ2v) is 6.40. The number of carbonyl (C=O) groups excluding carboxylic acids is 1. The van der Waals surface area contributed by atoms with Crippen molar-refractivity contribution >= 4 is 17.5 Å². The number of halogens is 3. The number of benzene rings is 1. The van der Waals surface area contributed by atoms with Gasteiger partial charge in [0.2, 0.25) is 0 Å². The first-order valence-corrected chi connectivity index (χ1v) is 8.82. The van der Waals surface area contributed by atoms with Gasteiger partial charge in [-0.15, -0.1) is 0 Å². The van der Waals surface area contributed by atoms with E-state index in [-0.39, 0.29) is 12.3 Å². The molecule has 3 rings (SSSR count). The number of carbonyl (C=O) groups is 1. The van der Waals surface area contributed by atoms with Gasteiger partial charge >= 0.3 is 0 Å². The molecule has 0 saturated heterocycles.